The van der Waals surface area contributed by atoms with Gasteiger partial charge in [-0.2, -0.15) is 0 Å². The normalized spacial score (nSPS) is 12.7. The number of fused-ring (bicyclic) bond motifs is 1. The van der Waals surface area contributed by atoms with Gasteiger partial charge >= 0.3 is 0 Å². The first-order valence-electron chi connectivity index (χ1n) is 11.7. The largest absolute Gasteiger partial charge is 0.354 e. The fourth-order valence-corrected chi connectivity index (χ4v) is 5.08. The highest BCUT2D eigenvalue weighted by molar-refractivity contribution is 7.90. The number of amides is 1. The van der Waals surface area contributed by atoms with Crippen molar-refractivity contribution in [3.8, 4) is 0 Å². The van der Waals surface area contributed by atoms with E-state index in [0.29, 0.717) is 34.9 Å². The number of benzene rings is 2. The minimum Gasteiger partial charge on any atom is -0.354 e. The molecule has 0 aliphatic carbocycles. The third-order valence-electron chi connectivity index (χ3n) is 5.57. The van der Waals surface area contributed by atoms with Crippen molar-refractivity contribution in [2.75, 3.05) is 12.4 Å². The Hall–Kier alpha value is -2.42. The number of hydrogen-bond donors (Lipinski definition) is 1. The second-order valence-electron chi connectivity index (χ2n) is 8.29. The van der Waals surface area contributed by atoms with Gasteiger partial charge in [0, 0.05) is 22.8 Å². The van der Waals surface area contributed by atoms with Gasteiger partial charge < -0.3 is 4.74 Å². The lowest BCUT2D eigenvalue weighted by Crippen LogP contribution is -2.32. The maximum Gasteiger partial charge on any atom is 0.264 e. The van der Waals surface area contributed by atoms with E-state index in [9.17, 15) is 13.2 Å². The van der Waals surface area contributed by atoms with Crippen molar-refractivity contribution in [2.24, 2.45) is 0 Å². The van der Waals surface area contributed by atoms with E-state index in [2.05, 4.69) is 16.6 Å². The molecule has 1 aromatic heterocycles. The van der Waals surface area contributed by atoms with Crippen LogP contribution in [-0.2, 0) is 14.8 Å². The molecular formula is C25H32ClN3O4S. The van der Waals surface area contributed by atoms with Crippen LogP contribution in [0.25, 0.3) is 11.0 Å². The highest BCUT2D eigenvalue weighted by atomic mass is 35.5. The molecule has 1 N–H and O–H groups in total. The Morgan fingerprint density at radius 3 is 2.56 bits per heavy atom. The molecular weight excluding hydrogens is 474 g/mol. The molecule has 34 heavy (non-hydrogen) atoms. The molecule has 2 aromatic carbocycles. The molecule has 1 heterocycles. The summed E-state index contributed by atoms with van der Waals surface area (Å²) in [5.74, 6) is -0.0442. The molecule has 0 saturated heterocycles. The van der Waals surface area contributed by atoms with E-state index < -0.39 is 22.2 Å². The third kappa shape index (κ3) is 6.37. The summed E-state index contributed by atoms with van der Waals surface area (Å²) in [5.41, 5.74) is 2.36. The Balaban J connectivity index is 1.99. The van der Waals surface area contributed by atoms with Gasteiger partial charge in [-0.15, -0.1) is 0 Å². The highest BCUT2D eigenvalue weighted by Gasteiger charge is 2.23. The molecule has 0 radical (unpaired) electrons. The summed E-state index contributed by atoms with van der Waals surface area (Å²) in [5, 5.41) is 0.567. The molecule has 0 bridgehead atoms. The van der Waals surface area contributed by atoms with Crippen molar-refractivity contribution < 1.29 is 17.9 Å². The summed E-state index contributed by atoms with van der Waals surface area (Å²) in [4.78, 5) is 17.4. The van der Waals surface area contributed by atoms with Crippen molar-refractivity contribution in [3.63, 3.8) is 0 Å². The smallest absolute Gasteiger partial charge is 0.264 e. The number of nitrogens with one attached hydrogen (secondary N) is 1. The molecule has 184 valence electrons. The topological polar surface area (TPSA) is 90.3 Å². The number of rotatable bonds is 12. The van der Waals surface area contributed by atoms with Gasteiger partial charge in [-0.3, -0.25) is 9.36 Å². The molecule has 1 amide bonds. The Morgan fingerprint density at radius 1 is 1.12 bits per heavy atom. The lowest BCUT2D eigenvalue weighted by Gasteiger charge is -2.23. The van der Waals surface area contributed by atoms with Crippen LogP contribution >= 0.6 is 11.6 Å². The summed E-state index contributed by atoms with van der Waals surface area (Å²) < 4.78 is 35.0. The van der Waals surface area contributed by atoms with Crippen LogP contribution in [0.4, 0.5) is 0 Å². The molecule has 0 saturated carbocycles. The zero-order valence-electron chi connectivity index (χ0n) is 19.9. The highest BCUT2D eigenvalue weighted by Crippen LogP contribution is 2.32. The van der Waals surface area contributed by atoms with E-state index in [-0.39, 0.29) is 11.3 Å². The maximum atomic E-state index is 12.8. The monoisotopic (exact) mass is 505 g/mol. The number of halogens is 1. The summed E-state index contributed by atoms with van der Waals surface area (Å²) in [6.07, 6.45) is 3.53. The first-order valence-corrected chi connectivity index (χ1v) is 13.7. The number of carbonyl (C=O) groups is 1. The molecule has 3 rings (SSSR count). The lowest BCUT2D eigenvalue weighted by atomic mass is 10.1. The van der Waals surface area contributed by atoms with Crippen molar-refractivity contribution in [1.29, 1.82) is 0 Å². The second kappa shape index (κ2) is 11.8. The van der Waals surface area contributed by atoms with Gasteiger partial charge in [-0.25, -0.2) is 18.1 Å². The Bertz CT molecular complexity index is 1240. The van der Waals surface area contributed by atoms with Gasteiger partial charge in [0.25, 0.3) is 5.91 Å². The Labute approximate surface area is 206 Å². The van der Waals surface area contributed by atoms with Crippen LogP contribution in [0.5, 0.6) is 0 Å². The molecule has 0 aliphatic heterocycles. The number of nitrogens with zero attached hydrogens (tertiary/aromatic N) is 2. The first kappa shape index (κ1) is 26.2. The predicted octanol–water partition coefficient (Wildman–Crippen LogP) is 5.61. The van der Waals surface area contributed by atoms with E-state index in [4.69, 9.17) is 16.3 Å². The molecule has 9 heteroatoms. The number of aryl methyl sites for hydroxylation is 1. The second-order valence-corrected chi connectivity index (χ2v) is 10.5. The van der Waals surface area contributed by atoms with Crippen LogP contribution in [-0.4, -0.2) is 36.2 Å². The fraction of sp³-hybridized carbons (Fsp3) is 0.440. The average molecular weight is 506 g/mol. The summed E-state index contributed by atoms with van der Waals surface area (Å²) >= 11 is 6.51. The molecule has 0 spiro atoms. The fourth-order valence-electron chi connectivity index (χ4n) is 3.76. The van der Waals surface area contributed by atoms with Gasteiger partial charge in [0.05, 0.1) is 16.8 Å². The summed E-state index contributed by atoms with van der Waals surface area (Å²) in [6.45, 7) is 6.48. The van der Waals surface area contributed by atoms with Gasteiger partial charge in [0.15, 0.2) is 6.23 Å². The quantitative estimate of drug-likeness (QED) is 0.323. The molecule has 0 fully saturated rings. The predicted molar refractivity (Wildman–Crippen MR) is 136 cm³/mol. The molecule has 0 aliphatic rings. The summed E-state index contributed by atoms with van der Waals surface area (Å²) in [7, 11) is -3.70. The van der Waals surface area contributed by atoms with Crippen molar-refractivity contribution in [2.45, 2.75) is 59.1 Å². The van der Waals surface area contributed by atoms with Crippen LogP contribution in [0.15, 0.2) is 42.5 Å². The zero-order valence-corrected chi connectivity index (χ0v) is 21.5. The minimum atomic E-state index is -3.70. The molecule has 3 aromatic rings. The van der Waals surface area contributed by atoms with Gasteiger partial charge in [0.1, 0.15) is 5.82 Å². The Kier molecular flexibility index (Phi) is 9.10. The van der Waals surface area contributed by atoms with E-state index >= 15 is 0 Å². The van der Waals surface area contributed by atoms with Crippen LogP contribution < -0.4 is 4.72 Å². The van der Waals surface area contributed by atoms with Crippen LogP contribution in [0.1, 0.15) is 73.9 Å². The Morgan fingerprint density at radius 2 is 1.85 bits per heavy atom. The number of carbonyl (C=O) groups excluding carboxylic acids is 1. The molecule has 1 atom stereocenters. The maximum absolute atomic E-state index is 12.8. The van der Waals surface area contributed by atoms with Crippen LogP contribution in [0, 0.1) is 6.92 Å². The van der Waals surface area contributed by atoms with Gasteiger partial charge in [-0.05, 0) is 44.0 Å². The average Bonchev–Trinajstić information content (AvgIpc) is 3.12. The van der Waals surface area contributed by atoms with Gasteiger partial charge in [0.2, 0.25) is 10.0 Å². The number of hydrogen-bond acceptors (Lipinski definition) is 5. The van der Waals surface area contributed by atoms with Crippen molar-refractivity contribution in [3.05, 3.63) is 64.4 Å². The summed E-state index contributed by atoms with van der Waals surface area (Å²) in [6, 6.07) is 12.4. The first-order chi connectivity index (χ1) is 16.3. The van der Waals surface area contributed by atoms with E-state index in [1.165, 1.54) is 0 Å². The molecule has 7 nitrogen and oxygen atoms in total. The number of imidazole rings is 1. The van der Waals surface area contributed by atoms with Crippen molar-refractivity contribution >= 4 is 38.6 Å². The number of sulfonamides is 1. The van der Waals surface area contributed by atoms with Crippen molar-refractivity contribution in [1.82, 2.24) is 14.3 Å². The third-order valence-corrected chi connectivity index (χ3v) is 7.24. The van der Waals surface area contributed by atoms with E-state index in [1.54, 1.807) is 18.2 Å². The molecule has 1 unspecified atom stereocenters. The van der Waals surface area contributed by atoms with Crippen LogP contribution in [0.2, 0.25) is 5.02 Å². The van der Waals surface area contributed by atoms with E-state index in [1.807, 2.05) is 42.7 Å². The SMILES string of the molecule is CCCCCS(=O)(=O)NC(=O)c1ccc2nc(C)n(C(OCCCC)c3ccccc3Cl)c2c1. The van der Waals surface area contributed by atoms with Crippen LogP contribution in [0.3, 0.4) is 0 Å². The van der Waals surface area contributed by atoms with E-state index in [0.717, 1.165) is 31.2 Å². The lowest BCUT2D eigenvalue weighted by molar-refractivity contribution is 0.0317. The number of unbranched alkanes of at least 4 members (excludes halogenated alkanes) is 3. The number of aromatic nitrogens is 2. The minimum absolute atomic E-state index is 0.0777. The van der Waals surface area contributed by atoms with Gasteiger partial charge in [-0.1, -0.05) is 62.9 Å². The number of ether oxygens (including phenoxy) is 1. The zero-order chi connectivity index (χ0) is 24.7. The standard InChI is InChI=1S/C25H32ClN3O4S/c1-4-6-10-16-34(31,32)28-24(30)19-13-14-22-23(17-19)29(18(3)27-22)25(33-15-7-5-2)20-11-8-9-12-21(20)26/h8-9,11-14,17,25H,4-7,10,15-16H2,1-3H3,(H,28,30).